The fourth-order valence-corrected chi connectivity index (χ4v) is 3.99. The Balaban J connectivity index is 1.81. The maximum absolute atomic E-state index is 11.1. The van der Waals surface area contributed by atoms with Crippen LogP contribution in [0.4, 0.5) is 5.69 Å². The molecule has 4 rings (SSSR count). The summed E-state index contributed by atoms with van der Waals surface area (Å²) in [5.41, 5.74) is 2.81. The van der Waals surface area contributed by atoms with Crippen molar-refractivity contribution in [2.45, 2.75) is 32.2 Å². The predicted molar refractivity (Wildman–Crippen MR) is 109 cm³/mol. The summed E-state index contributed by atoms with van der Waals surface area (Å²) in [7, 11) is 0. The van der Waals surface area contributed by atoms with Crippen LogP contribution in [0.5, 0.6) is 0 Å². The second-order valence-corrected chi connectivity index (χ2v) is 7.66. The molecule has 0 amide bonds. The minimum atomic E-state index is -0.390. The Bertz CT molecular complexity index is 1010. The fourth-order valence-electron chi connectivity index (χ4n) is 3.82. The summed E-state index contributed by atoms with van der Waals surface area (Å²) in [5, 5.41) is 24.2. The van der Waals surface area contributed by atoms with Crippen molar-refractivity contribution in [3.05, 3.63) is 74.6 Å². The molecule has 0 saturated carbocycles. The molecule has 9 heteroatoms. The molecule has 0 N–H and O–H groups in total. The van der Waals surface area contributed by atoms with Crippen molar-refractivity contribution in [1.82, 2.24) is 25.1 Å². The Morgan fingerprint density at radius 2 is 1.83 bits per heavy atom. The van der Waals surface area contributed by atoms with Gasteiger partial charge in [0.05, 0.1) is 16.7 Å². The second kappa shape index (κ2) is 8.26. The van der Waals surface area contributed by atoms with Gasteiger partial charge in [0, 0.05) is 17.2 Å². The van der Waals surface area contributed by atoms with Crippen LogP contribution in [-0.2, 0) is 0 Å². The SMILES string of the molecule is Cc1ccc(Cl)cc1-n1nnnc1C(c1ccc([N+](=O)[O-])cc1)N1CCCCC1. The highest BCUT2D eigenvalue weighted by Gasteiger charge is 2.30. The molecule has 3 aromatic rings. The minimum absolute atomic E-state index is 0.0661. The summed E-state index contributed by atoms with van der Waals surface area (Å²) in [6, 6.07) is 12.1. The Morgan fingerprint density at radius 1 is 1.10 bits per heavy atom. The lowest BCUT2D eigenvalue weighted by Gasteiger charge is -2.34. The maximum atomic E-state index is 11.1. The summed E-state index contributed by atoms with van der Waals surface area (Å²) in [5.74, 6) is 0.672. The molecule has 0 bridgehead atoms. The lowest BCUT2D eigenvalue weighted by atomic mass is 10.0. The Labute approximate surface area is 173 Å². The Hall–Kier alpha value is -2.84. The largest absolute Gasteiger partial charge is 0.290 e. The van der Waals surface area contributed by atoms with E-state index in [0.717, 1.165) is 42.7 Å². The monoisotopic (exact) mass is 412 g/mol. The number of nitro benzene ring substituents is 1. The van der Waals surface area contributed by atoms with Crippen LogP contribution < -0.4 is 0 Å². The number of nitro groups is 1. The van der Waals surface area contributed by atoms with Crippen LogP contribution in [0.25, 0.3) is 5.69 Å². The number of non-ortho nitro benzene ring substituents is 1. The molecule has 0 spiro atoms. The molecule has 1 fully saturated rings. The van der Waals surface area contributed by atoms with E-state index in [1.54, 1.807) is 16.8 Å². The molecule has 29 heavy (non-hydrogen) atoms. The first-order chi connectivity index (χ1) is 14.0. The summed E-state index contributed by atoms with van der Waals surface area (Å²) in [4.78, 5) is 13.0. The highest BCUT2D eigenvalue weighted by molar-refractivity contribution is 6.30. The van der Waals surface area contributed by atoms with Gasteiger partial charge in [-0.15, -0.1) is 5.10 Å². The molecule has 0 aliphatic carbocycles. The fraction of sp³-hybridized carbons (Fsp3) is 0.350. The normalized spacial score (nSPS) is 15.9. The molecule has 1 atom stereocenters. The van der Waals surface area contributed by atoms with E-state index < -0.39 is 0 Å². The lowest BCUT2D eigenvalue weighted by molar-refractivity contribution is -0.384. The number of halogens is 1. The van der Waals surface area contributed by atoms with Crippen LogP contribution in [0.1, 0.15) is 42.3 Å². The summed E-state index contributed by atoms with van der Waals surface area (Å²) in [6.07, 6.45) is 3.39. The number of aromatic nitrogens is 4. The number of benzene rings is 2. The minimum Gasteiger partial charge on any atom is -0.290 e. The zero-order chi connectivity index (χ0) is 20.4. The second-order valence-electron chi connectivity index (χ2n) is 7.23. The number of piperidine rings is 1. The predicted octanol–water partition coefficient (Wildman–Crippen LogP) is 4.11. The van der Waals surface area contributed by atoms with Crippen LogP contribution >= 0.6 is 11.6 Å². The smallest absolute Gasteiger partial charge is 0.269 e. The summed E-state index contributed by atoms with van der Waals surface area (Å²) < 4.78 is 1.72. The summed E-state index contributed by atoms with van der Waals surface area (Å²) >= 11 is 6.22. The zero-order valence-corrected chi connectivity index (χ0v) is 16.8. The standard InChI is InChI=1S/C20H21ClN6O2/c1-14-5-8-16(21)13-18(14)26-20(22-23-24-26)19(25-11-3-2-4-12-25)15-6-9-17(10-7-15)27(28)29/h5-10,13,19H,2-4,11-12H2,1H3. The van der Waals surface area contributed by atoms with Crippen LogP contribution in [0, 0.1) is 17.0 Å². The van der Waals surface area contributed by atoms with Gasteiger partial charge in [0.1, 0.15) is 0 Å². The zero-order valence-electron chi connectivity index (χ0n) is 16.0. The Morgan fingerprint density at radius 3 is 2.52 bits per heavy atom. The average Bonchev–Trinajstić information content (AvgIpc) is 3.20. The first-order valence-corrected chi connectivity index (χ1v) is 9.95. The van der Waals surface area contributed by atoms with Crippen molar-refractivity contribution >= 4 is 17.3 Å². The van der Waals surface area contributed by atoms with Gasteiger partial charge in [-0.05, 0) is 66.5 Å². The molecular weight excluding hydrogens is 392 g/mol. The third-order valence-electron chi connectivity index (χ3n) is 5.31. The van der Waals surface area contributed by atoms with Gasteiger partial charge in [0.25, 0.3) is 5.69 Å². The molecule has 8 nitrogen and oxygen atoms in total. The van der Waals surface area contributed by atoms with Gasteiger partial charge in [-0.2, -0.15) is 4.68 Å². The van der Waals surface area contributed by atoms with Crippen LogP contribution in [0.15, 0.2) is 42.5 Å². The molecule has 1 aliphatic rings. The van der Waals surface area contributed by atoms with Crippen molar-refractivity contribution in [2.24, 2.45) is 0 Å². The maximum Gasteiger partial charge on any atom is 0.269 e. The molecular formula is C20H21ClN6O2. The number of nitrogens with zero attached hydrogens (tertiary/aromatic N) is 6. The van der Waals surface area contributed by atoms with E-state index in [1.165, 1.54) is 18.6 Å². The van der Waals surface area contributed by atoms with Crippen molar-refractivity contribution in [3.8, 4) is 5.69 Å². The molecule has 1 aliphatic heterocycles. The van der Waals surface area contributed by atoms with Gasteiger partial charge in [-0.1, -0.05) is 36.2 Å². The first kappa shape index (κ1) is 19.5. The molecule has 150 valence electrons. The van der Waals surface area contributed by atoms with Gasteiger partial charge >= 0.3 is 0 Å². The van der Waals surface area contributed by atoms with Crippen LogP contribution in [0.2, 0.25) is 5.02 Å². The molecule has 1 unspecified atom stereocenters. The molecule has 2 heterocycles. The van der Waals surface area contributed by atoms with E-state index in [-0.39, 0.29) is 16.7 Å². The van der Waals surface area contributed by atoms with E-state index >= 15 is 0 Å². The van der Waals surface area contributed by atoms with Crippen molar-refractivity contribution in [2.75, 3.05) is 13.1 Å². The quantitative estimate of drug-likeness (QED) is 0.462. The average molecular weight is 413 g/mol. The van der Waals surface area contributed by atoms with E-state index in [4.69, 9.17) is 11.6 Å². The number of aryl methyl sites for hydroxylation is 1. The lowest BCUT2D eigenvalue weighted by Crippen LogP contribution is -2.36. The van der Waals surface area contributed by atoms with E-state index in [0.29, 0.717) is 10.8 Å². The molecule has 0 radical (unpaired) electrons. The highest BCUT2D eigenvalue weighted by atomic mass is 35.5. The van der Waals surface area contributed by atoms with Gasteiger partial charge < -0.3 is 0 Å². The van der Waals surface area contributed by atoms with E-state index in [1.807, 2.05) is 25.1 Å². The van der Waals surface area contributed by atoms with Gasteiger partial charge in [-0.3, -0.25) is 15.0 Å². The van der Waals surface area contributed by atoms with Crippen molar-refractivity contribution in [1.29, 1.82) is 0 Å². The van der Waals surface area contributed by atoms with E-state index in [2.05, 4.69) is 20.4 Å². The third kappa shape index (κ3) is 3.99. The number of hydrogen-bond donors (Lipinski definition) is 0. The Kier molecular flexibility index (Phi) is 5.55. The topological polar surface area (TPSA) is 90.0 Å². The van der Waals surface area contributed by atoms with Gasteiger partial charge in [-0.25, -0.2) is 0 Å². The van der Waals surface area contributed by atoms with Gasteiger partial charge in [0.2, 0.25) is 0 Å². The van der Waals surface area contributed by atoms with Crippen LogP contribution in [0.3, 0.4) is 0 Å². The number of likely N-dealkylation sites (tertiary alicyclic amines) is 1. The first-order valence-electron chi connectivity index (χ1n) is 9.58. The molecule has 1 aromatic heterocycles. The van der Waals surface area contributed by atoms with Gasteiger partial charge in [0.15, 0.2) is 5.82 Å². The van der Waals surface area contributed by atoms with Crippen LogP contribution in [-0.4, -0.2) is 43.1 Å². The number of rotatable bonds is 5. The number of tetrazole rings is 1. The highest BCUT2D eigenvalue weighted by Crippen LogP contribution is 2.32. The number of hydrogen-bond acceptors (Lipinski definition) is 6. The molecule has 2 aromatic carbocycles. The van der Waals surface area contributed by atoms with E-state index in [9.17, 15) is 10.1 Å². The summed E-state index contributed by atoms with van der Waals surface area (Å²) in [6.45, 7) is 3.82. The van der Waals surface area contributed by atoms with Crippen molar-refractivity contribution in [3.63, 3.8) is 0 Å². The third-order valence-corrected chi connectivity index (χ3v) is 5.55. The molecule has 1 saturated heterocycles. The van der Waals surface area contributed by atoms with Crippen molar-refractivity contribution < 1.29 is 4.92 Å².